The molecular weight excluding hydrogens is 451 g/mol. The van der Waals surface area contributed by atoms with Crippen LogP contribution in [0.4, 0.5) is 10.3 Å². The Morgan fingerprint density at radius 1 is 1.03 bits per heavy atom. The molecular formula is C25H21FN6OS. The van der Waals surface area contributed by atoms with Gasteiger partial charge in [-0.3, -0.25) is 4.79 Å². The van der Waals surface area contributed by atoms with Gasteiger partial charge in [0, 0.05) is 36.6 Å². The standard InChI is InChI=1S/C25H21FN6OS/c1-16-15-30(12-13-31(16)24(33)17-8-10-18(26)11-9-17)25-27-20-6-3-2-5-19(20)22-28-29-23(32(22)25)21-7-4-14-34-21/h2-11,14,16H,12-13,15H2,1H3/t16-/m1/s1. The van der Waals surface area contributed by atoms with Crippen LogP contribution in [0.2, 0.25) is 0 Å². The zero-order valence-electron chi connectivity index (χ0n) is 18.4. The number of halogens is 1. The predicted octanol–water partition coefficient (Wildman–Crippen LogP) is 4.50. The van der Waals surface area contributed by atoms with E-state index in [-0.39, 0.29) is 17.8 Å². The van der Waals surface area contributed by atoms with E-state index in [4.69, 9.17) is 4.98 Å². The Labute approximate surface area is 199 Å². The van der Waals surface area contributed by atoms with E-state index in [1.807, 2.05) is 58.0 Å². The average Bonchev–Trinajstić information content (AvgIpc) is 3.54. The van der Waals surface area contributed by atoms with Crippen LogP contribution < -0.4 is 4.90 Å². The Balaban J connectivity index is 1.39. The summed E-state index contributed by atoms with van der Waals surface area (Å²) in [6.45, 7) is 3.78. The van der Waals surface area contributed by atoms with Crippen LogP contribution >= 0.6 is 11.3 Å². The first-order chi connectivity index (χ1) is 16.6. The Hall–Kier alpha value is -3.85. The van der Waals surface area contributed by atoms with Gasteiger partial charge in [0.2, 0.25) is 5.95 Å². The molecule has 4 heterocycles. The molecule has 5 aromatic rings. The van der Waals surface area contributed by atoms with Crippen molar-refractivity contribution in [3.8, 4) is 10.7 Å². The van der Waals surface area contributed by atoms with Crippen molar-refractivity contribution < 1.29 is 9.18 Å². The number of piperazine rings is 1. The van der Waals surface area contributed by atoms with Gasteiger partial charge in [0.25, 0.3) is 5.91 Å². The second kappa shape index (κ2) is 8.18. The Morgan fingerprint density at radius 3 is 2.62 bits per heavy atom. The van der Waals surface area contributed by atoms with Gasteiger partial charge in [-0.25, -0.2) is 13.8 Å². The lowest BCUT2D eigenvalue weighted by Crippen LogP contribution is -2.54. The van der Waals surface area contributed by atoms with Gasteiger partial charge < -0.3 is 9.80 Å². The molecule has 2 aromatic carbocycles. The number of benzene rings is 2. The van der Waals surface area contributed by atoms with Crippen LogP contribution in [-0.2, 0) is 0 Å². The van der Waals surface area contributed by atoms with Crippen molar-refractivity contribution in [2.45, 2.75) is 13.0 Å². The number of nitrogens with zero attached hydrogens (tertiary/aromatic N) is 6. The van der Waals surface area contributed by atoms with Gasteiger partial charge in [-0.05, 0) is 54.8 Å². The number of hydrogen-bond acceptors (Lipinski definition) is 6. The maximum Gasteiger partial charge on any atom is 0.254 e. The molecule has 34 heavy (non-hydrogen) atoms. The quantitative estimate of drug-likeness (QED) is 0.387. The topological polar surface area (TPSA) is 66.6 Å². The molecule has 1 amide bonds. The van der Waals surface area contributed by atoms with Crippen molar-refractivity contribution in [3.05, 3.63) is 77.4 Å². The number of hydrogen-bond donors (Lipinski definition) is 0. The summed E-state index contributed by atoms with van der Waals surface area (Å²) in [5.41, 5.74) is 2.11. The molecule has 0 radical (unpaired) electrons. The molecule has 9 heteroatoms. The minimum Gasteiger partial charge on any atom is -0.338 e. The van der Waals surface area contributed by atoms with Crippen molar-refractivity contribution >= 4 is 39.7 Å². The maximum atomic E-state index is 13.3. The first-order valence-corrected chi connectivity index (χ1v) is 12.0. The number of aromatic nitrogens is 4. The number of anilines is 1. The SMILES string of the molecule is C[C@@H]1CN(c2nc3ccccc3c3nnc(-c4cccs4)n23)CCN1C(=O)c1ccc(F)cc1. The number of para-hydroxylation sites is 1. The third kappa shape index (κ3) is 3.40. The summed E-state index contributed by atoms with van der Waals surface area (Å²) in [6.07, 6.45) is 0. The zero-order valence-corrected chi connectivity index (χ0v) is 19.2. The molecule has 0 saturated carbocycles. The summed E-state index contributed by atoms with van der Waals surface area (Å²) in [5.74, 6) is 1.09. The van der Waals surface area contributed by atoms with E-state index in [0.29, 0.717) is 25.2 Å². The van der Waals surface area contributed by atoms with E-state index in [0.717, 1.165) is 33.2 Å². The van der Waals surface area contributed by atoms with Crippen molar-refractivity contribution in [2.24, 2.45) is 0 Å². The molecule has 7 nitrogen and oxygen atoms in total. The van der Waals surface area contributed by atoms with E-state index in [1.165, 1.54) is 24.3 Å². The smallest absolute Gasteiger partial charge is 0.254 e. The summed E-state index contributed by atoms with van der Waals surface area (Å²) < 4.78 is 15.3. The van der Waals surface area contributed by atoms with Crippen LogP contribution in [0.25, 0.3) is 27.3 Å². The maximum absolute atomic E-state index is 13.3. The summed E-state index contributed by atoms with van der Waals surface area (Å²) in [5, 5.41) is 12.0. The lowest BCUT2D eigenvalue weighted by Gasteiger charge is -2.40. The molecule has 1 aliphatic rings. The normalized spacial score (nSPS) is 16.5. The van der Waals surface area contributed by atoms with Gasteiger partial charge in [0.15, 0.2) is 11.5 Å². The Bertz CT molecular complexity index is 1500. The monoisotopic (exact) mass is 472 g/mol. The highest BCUT2D eigenvalue weighted by atomic mass is 32.1. The number of carbonyl (C=O) groups excluding carboxylic acids is 1. The number of carbonyl (C=O) groups is 1. The molecule has 1 aliphatic heterocycles. The molecule has 1 atom stereocenters. The second-order valence-corrected chi connectivity index (χ2v) is 9.34. The minimum absolute atomic E-state index is 0.0590. The zero-order chi connectivity index (χ0) is 23.2. The molecule has 3 aromatic heterocycles. The highest BCUT2D eigenvalue weighted by Crippen LogP contribution is 2.31. The van der Waals surface area contributed by atoms with E-state index >= 15 is 0 Å². The highest BCUT2D eigenvalue weighted by Gasteiger charge is 2.31. The lowest BCUT2D eigenvalue weighted by molar-refractivity contribution is 0.0673. The van der Waals surface area contributed by atoms with Gasteiger partial charge in [0.05, 0.1) is 10.4 Å². The van der Waals surface area contributed by atoms with Gasteiger partial charge >= 0.3 is 0 Å². The lowest BCUT2D eigenvalue weighted by atomic mass is 10.1. The largest absolute Gasteiger partial charge is 0.338 e. The van der Waals surface area contributed by atoms with Crippen molar-refractivity contribution in [1.82, 2.24) is 24.5 Å². The number of amides is 1. The minimum atomic E-state index is -0.351. The van der Waals surface area contributed by atoms with Crippen LogP contribution in [0.3, 0.4) is 0 Å². The molecule has 0 N–H and O–H groups in total. The van der Waals surface area contributed by atoms with Crippen LogP contribution in [-0.4, -0.2) is 56.1 Å². The summed E-state index contributed by atoms with van der Waals surface area (Å²) in [6, 6.07) is 17.6. The fourth-order valence-electron chi connectivity index (χ4n) is 4.54. The molecule has 0 unspecified atom stereocenters. The van der Waals surface area contributed by atoms with Crippen molar-refractivity contribution in [1.29, 1.82) is 0 Å². The number of thiophene rings is 1. The molecule has 0 spiro atoms. The molecule has 1 saturated heterocycles. The molecule has 0 aliphatic carbocycles. The third-order valence-corrected chi connectivity index (χ3v) is 7.10. The molecule has 6 rings (SSSR count). The molecule has 0 bridgehead atoms. The highest BCUT2D eigenvalue weighted by molar-refractivity contribution is 7.13. The van der Waals surface area contributed by atoms with Crippen LogP contribution in [0, 0.1) is 5.82 Å². The van der Waals surface area contributed by atoms with Gasteiger partial charge in [-0.15, -0.1) is 21.5 Å². The fraction of sp³-hybridized carbons (Fsp3) is 0.200. The average molecular weight is 473 g/mol. The number of fused-ring (bicyclic) bond motifs is 3. The Morgan fingerprint density at radius 2 is 1.85 bits per heavy atom. The number of rotatable bonds is 3. The third-order valence-electron chi connectivity index (χ3n) is 6.23. The van der Waals surface area contributed by atoms with E-state index in [1.54, 1.807) is 11.3 Å². The predicted molar refractivity (Wildman–Crippen MR) is 131 cm³/mol. The fourth-order valence-corrected chi connectivity index (χ4v) is 5.24. The van der Waals surface area contributed by atoms with Crippen LogP contribution in [0.1, 0.15) is 17.3 Å². The van der Waals surface area contributed by atoms with E-state index in [9.17, 15) is 9.18 Å². The van der Waals surface area contributed by atoms with E-state index < -0.39 is 0 Å². The second-order valence-electron chi connectivity index (χ2n) is 8.39. The molecule has 170 valence electrons. The van der Waals surface area contributed by atoms with Crippen LogP contribution in [0.5, 0.6) is 0 Å². The summed E-state index contributed by atoms with van der Waals surface area (Å²) in [7, 11) is 0. The summed E-state index contributed by atoms with van der Waals surface area (Å²) in [4.78, 5) is 23.1. The first kappa shape index (κ1) is 20.7. The van der Waals surface area contributed by atoms with Crippen molar-refractivity contribution in [3.63, 3.8) is 0 Å². The summed E-state index contributed by atoms with van der Waals surface area (Å²) >= 11 is 1.61. The first-order valence-electron chi connectivity index (χ1n) is 11.1. The van der Waals surface area contributed by atoms with Crippen molar-refractivity contribution in [2.75, 3.05) is 24.5 Å². The van der Waals surface area contributed by atoms with Gasteiger partial charge in [0.1, 0.15) is 5.82 Å². The van der Waals surface area contributed by atoms with Gasteiger partial charge in [-0.1, -0.05) is 18.2 Å². The van der Waals surface area contributed by atoms with Crippen LogP contribution in [0.15, 0.2) is 66.0 Å². The molecule has 1 fully saturated rings. The Kier molecular flexibility index (Phi) is 4.99. The van der Waals surface area contributed by atoms with E-state index in [2.05, 4.69) is 15.1 Å². The van der Waals surface area contributed by atoms with Gasteiger partial charge in [-0.2, -0.15) is 0 Å².